The van der Waals surface area contributed by atoms with Gasteiger partial charge in [-0.2, -0.15) is 0 Å². The van der Waals surface area contributed by atoms with Crippen LogP contribution in [-0.2, 0) is 30.8 Å². The Bertz CT molecular complexity index is 967. The Kier molecular flexibility index (Phi) is 7.93. The van der Waals surface area contributed by atoms with Crippen molar-refractivity contribution < 1.29 is 27.5 Å². The number of primary sulfonamides is 1. The first-order valence-electron chi connectivity index (χ1n) is 8.65. The molecular weight excluding hydrogens is 396 g/mol. The maximum atomic E-state index is 11.7. The molecular formula is C20H22N2O6S. The fourth-order valence-electron chi connectivity index (χ4n) is 2.31. The zero-order valence-electron chi connectivity index (χ0n) is 15.8. The van der Waals surface area contributed by atoms with Gasteiger partial charge < -0.3 is 14.8 Å². The van der Waals surface area contributed by atoms with Gasteiger partial charge in [-0.05, 0) is 47.9 Å². The minimum absolute atomic E-state index is 0.0277. The van der Waals surface area contributed by atoms with Crippen LogP contribution in [0.3, 0.4) is 0 Å². The molecule has 0 heterocycles. The highest BCUT2D eigenvalue weighted by molar-refractivity contribution is 7.89. The maximum Gasteiger partial charge on any atom is 0.331 e. The van der Waals surface area contributed by atoms with Crippen LogP contribution in [-0.4, -0.2) is 40.6 Å². The van der Waals surface area contributed by atoms with E-state index in [0.717, 1.165) is 11.1 Å². The molecule has 0 saturated heterocycles. The van der Waals surface area contributed by atoms with E-state index in [4.69, 9.17) is 14.6 Å². The van der Waals surface area contributed by atoms with Gasteiger partial charge in [0, 0.05) is 12.6 Å². The molecule has 0 atom stereocenters. The molecule has 0 fully saturated rings. The second-order valence-electron chi connectivity index (χ2n) is 6.00. The van der Waals surface area contributed by atoms with E-state index < -0.39 is 28.5 Å². The van der Waals surface area contributed by atoms with Crippen molar-refractivity contribution >= 4 is 28.0 Å². The number of carbonyl (C=O) groups is 2. The average Bonchev–Trinajstić information content (AvgIpc) is 2.71. The van der Waals surface area contributed by atoms with Crippen molar-refractivity contribution in [1.82, 2.24) is 5.32 Å². The molecule has 0 aliphatic carbocycles. The molecule has 0 aliphatic rings. The third-order valence-electron chi connectivity index (χ3n) is 3.86. The van der Waals surface area contributed by atoms with E-state index >= 15 is 0 Å². The zero-order chi connectivity index (χ0) is 21.3. The number of amides is 1. The second kappa shape index (κ2) is 10.4. The summed E-state index contributed by atoms with van der Waals surface area (Å²) in [5.41, 5.74) is 1.62. The number of benzene rings is 2. The van der Waals surface area contributed by atoms with Gasteiger partial charge in [-0.3, -0.25) is 4.79 Å². The number of sulfonamides is 1. The smallest absolute Gasteiger partial charge is 0.331 e. The van der Waals surface area contributed by atoms with Gasteiger partial charge in [0.15, 0.2) is 6.61 Å². The summed E-state index contributed by atoms with van der Waals surface area (Å²) >= 11 is 0. The van der Waals surface area contributed by atoms with E-state index in [1.165, 1.54) is 18.2 Å². The van der Waals surface area contributed by atoms with Crippen molar-refractivity contribution in [1.29, 1.82) is 0 Å². The highest BCUT2D eigenvalue weighted by atomic mass is 32.2. The lowest BCUT2D eigenvalue weighted by Gasteiger charge is -2.06. The largest absolute Gasteiger partial charge is 0.497 e. The van der Waals surface area contributed by atoms with Crippen LogP contribution in [0.15, 0.2) is 59.5 Å². The van der Waals surface area contributed by atoms with Crippen molar-refractivity contribution in [3.05, 3.63) is 65.7 Å². The van der Waals surface area contributed by atoms with Crippen LogP contribution < -0.4 is 15.2 Å². The first-order valence-corrected chi connectivity index (χ1v) is 10.2. The van der Waals surface area contributed by atoms with Crippen LogP contribution in [0.1, 0.15) is 11.1 Å². The summed E-state index contributed by atoms with van der Waals surface area (Å²) in [6.45, 7) is -0.0804. The van der Waals surface area contributed by atoms with Gasteiger partial charge >= 0.3 is 5.97 Å². The van der Waals surface area contributed by atoms with Crippen molar-refractivity contribution in [2.75, 3.05) is 20.3 Å². The number of nitrogens with two attached hydrogens (primary N) is 1. The summed E-state index contributed by atoms with van der Waals surface area (Å²) in [7, 11) is -2.16. The fraction of sp³-hybridized carbons (Fsp3) is 0.200. The number of hydrogen-bond acceptors (Lipinski definition) is 6. The summed E-state index contributed by atoms with van der Waals surface area (Å²) in [5.74, 6) is -0.353. The Hall–Kier alpha value is -3.17. The normalized spacial score (nSPS) is 11.2. The van der Waals surface area contributed by atoms with Crippen LogP contribution in [0.5, 0.6) is 5.75 Å². The molecule has 0 saturated carbocycles. The van der Waals surface area contributed by atoms with Gasteiger partial charge in [-0.15, -0.1) is 0 Å². The number of methoxy groups -OCH3 is 1. The SMILES string of the molecule is COc1ccc(/C=C/C(=O)OCC(=O)NCCc2ccc(S(N)(=O)=O)cc2)cc1. The second-order valence-corrected chi connectivity index (χ2v) is 7.56. The Labute approximate surface area is 169 Å². The predicted molar refractivity (Wildman–Crippen MR) is 108 cm³/mol. The highest BCUT2D eigenvalue weighted by Gasteiger charge is 2.07. The lowest BCUT2D eigenvalue weighted by molar-refractivity contribution is -0.143. The van der Waals surface area contributed by atoms with Crippen molar-refractivity contribution in [3.8, 4) is 5.75 Å². The molecule has 8 nitrogen and oxygen atoms in total. The van der Waals surface area contributed by atoms with Crippen LogP contribution in [0.2, 0.25) is 0 Å². The molecule has 0 aliphatic heterocycles. The standard InChI is InChI=1S/C20H22N2O6S/c1-27-17-7-2-15(3-8-17)6-11-20(24)28-14-19(23)22-13-12-16-4-9-18(10-5-16)29(21,25)26/h2-11H,12-14H2,1H3,(H,22,23)(H2,21,25,26)/b11-6+. The number of ether oxygens (including phenoxy) is 2. The Morgan fingerprint density at radius 1 is 1.07 bits per heavy atom. The fourth-order valence-corrected chi connectivity index (χ4v) is 2.82. The highest BCUT2D eigenvalue weighted by Crippen LogP contribution is 2.12. The Morgan fingerprint density at radius 2 is 1.72 bits per heavy atom. The minimum atomic E-state index is -3.72. The third kappa shape index (κ3) is 7.76. The molecule has 0 aromatic heterocycles. The molecule has 0 spiro atoms. The van der Waals surface area contributed by atoms with Crippen molar-refractivity contribution in [2.45, 2.75) is 11.3 Å². The Morgan fingerprint density at radius 3 is 2.31 bits per heavy atom. The van der Waals surface area contributed by atoms with E-state index in [2.05, 4.69) is 5.32 Å². The van der Waals surface area contributed by atoms with Gasteiger partial charge in [0.05, 0.1) is 12.0 Å². The van der Waals surface area contributed by atoms with Gasteiger partial charge in [-0.25, -0.2) is 18.4 Å². The van der Waals surface area contributed by atoms with Gasteiger partial charge in [0.2, 0.25) is 10.0 Å². The Balaban J connectivity index is 1.69. The van der Waals surface area contributed by atoms with Crippen molar-refractivity contribution in [2.24, 2.45) is 5.14 Å². The van der Waals surface area contributed by atoms with Gasteiger partial charge in [0.25, 0.3) is 5.91 Å². The van der Waals surface area contributed by atoms with Gasteiger partial charge in [0.1, 0.15) is 5.75 Å². The lowest BCUT2D eigenvalue weighted by Crippen LogP contribution is -2.30. The summed E-state index contributed by atoms with van der Waals surface area (Å²) in [6, 6.07) is 13.1. The van der Waals surface area contributed by atoms with Crippen molar-refractivity contribution in [3.63, 3.8) is 0 Å². The number of hydrogen-bond donors (Lipinski definition) is 2. The quantitative estimate of drug-likeness (QED) is 0.467. The van der Waals surface area contributed by atoms with Crippen LogP contribution >= 0.6 is 0 Å². The molecule has 0 unspecified atom stereocenters. The van der Waals surface area contributed by atoms with E-state index in [9.17, 15) is 18.0 Å². The summed E-state index contributed by atoms with van der Waals surface area (Å²) in [4.78, 5) is 23.5. The molecule has 9 heteroatoms. The molecule has 2 aromatic carbocycles. The number of esters is 1. The van der Waals surface area contributed by atoms with Crippen LogP contribution in [0, 0.1) is 0 Å². The van der Waals surface area contributed by atoms with Crippen LogP contribution in [0.25, 0.3) is 6.08 Å². The summed E-state index contributed by atoms with van der Waals surface area (Å²) < 4.78 is 32.3. The molecule has 29 heavy (non-hydrogen) atoms. The molecule has 2 rings (SSSR count). The number of nitrogens with one attached hydrogen (secondary N) is 1. The third-order valence-corrected chi connectivity index (χ3v) is 4.79. The maximum absolute atomic E-state index is 11.7. The monoisotopic (exact) mass is 418 g/mol. The van der Waals surface area contributed by atoms with E-state index in [1.54, 1.807) is 49.6 Å². The lowest BCUT2D eigenvalue weighted by atomic mass is 10.1. The summed E-state index contributed by atoms with van der Waals surface area (Å²) in [6.07, 6.45) is 3.30. The molecule has 3 N–H and O–H groups in total. The van der Waals surface area contributed by atoms with Crippen LogP contribution in [0.4, 0.5) is 0 Å². The molecule has 154 valence electrons. The zero-order valence-corrected chi connectivity index (χ0v) is 16.6. The minimum Gasteiger partial charge on any atom is -0.497 e. The summed E-state index contributed by atoms with van der Waals surface area (Å²) in [5, 5.41) is 7.66. The number of rotatable bonds is 9. The molecule has 1 amide bonds. The molecule has 2 aromatic rings. The van der Waals surface area contributed by atoms with E-state index in [-0.39, 0.29) is 4.90 Å². The van der Waals surface area contributed by atoms with Gasteiger partial charge in [-0.1, -0.05) is 24.3 Å². The topological polar surface area (TPSA) is 125 Å². The van der Waals surface area contributed by atoms with E-state index in [0.29, 0.717) is 18.7 Å². The first kappa shape index (κ1) is 22.1. The first-order chi connectivity index (χ1) is 13.8. The predicted octanol–water partition coefficient (Wildman–Crippen LogP) is 1.26. The molecule has 0 radical (unpaired) electrons. The molecule has 0 bridgehead atoms. The van der Waals surface area contributed by atoms with E-state index in [1.807, 2.05) is 0 Å². The number of carbonyl (C=O) groups excluding carboxylic acids is 2. The average molecular weight is 418 g/mol.